The molecule has 0 spiro atoms. The molecule has 0 amide bonds. The second kappa shape index (κ2) is 4.27. The van der Waals surface area contributed by atoms with Crippen molar-refractivity contribution < 1.29 is 24.6 Å². The highest BCUT2D eigenvalue weighted by Crippen LogP contribution is 2.37. The Morgan fingerprint density at radius 1 is 1.10 bits per heavy atom. The lowest BCUT2D eigenvalue weighted by Gasteiger charge is -2.06. The highest BCUT2D eigenvalue weighted by Gasteiger charge is 2.17. The molecule has 1 aromatic heterocycles. The molecule has 6 heteroatoms. The van der Waals surface area contributed by atoms with Gasteiger partial charge in [0.05, 0.1) is 5.56 Å². The van der Waals surface area contributed by atoms with E-state index in [2.05, 4.69) is 5.16 Å². The Morgan fingerprint density at radius 3 is 2.55 bits per heavy atom. The number of fused-ring (bicyclic) bond motifs is 1. The maximum Gasteiger partial charge on any atom is 0.374 e. The maximum absolute atomic E-state index is 10.8. The zero-order valence-electron chi connectivity index (χ0n) is 10.1. The van der Waals surface area contributed by atoms with Crippen molar-refractivity contribution in [3.63, 3.8) is 0 Å². The molecule has 0 fully saturated rings. The number of aromatic nitrogens is 1. The van der Waals surface area contributed by atoms with E-state index in [0.717, 1.165) is 5.39 Å². The number of rotatable bonds is 2. The number of carboxylic acids is 1. The van der Waals surface area contributed by atoms with Gasteiger partial charge in [0.15, 0.2) is 0 Å². The summed E-state index contributed by atoms with van der Waals surface area (Å²) in [5.74, 6) is -1.61. The average Bonchev–Trinajstić information content (AvgIpc) is 2.88. The van der Waals surface area contributed by atoms with Crippen molar-refractivity contribution in [2.24, 2.45) is 0 Å². The van der Waals surface area contributed by atoms with Crippen LogP contribution in [0, 0.1) is 0 Å². The van der Waals surface area contributed by atoms with Crippen LogP contribution in [0.2, 0.25) is 0 Å². The number of aromatic carboxylic acids is 1. The van der Waals surface area contributed by atoms with E-state index in [-0.39, 0.29) is 23.0 Å². The van der Waals surface area contributed by atoms with Gasteiger partial charge in [0.25, 0.3) is 0 Å². The summed E-state index contributed by atoms with van der Waals surface area (Å²) in [4.78, 5) is 10.8. The van der Waals surface area contributed by atoms with Gasteiger partial charge >= 0.3 is 5.97 Å². The summed E-state index contributed by atoms with van der Waals surface area (Å²) < 4.78 is 4.69. The minimum absolute atomic E-state index is 0.0336. The molecule has 1 heterocycles. The minimum atomic E-state index is -1.24. The smallest absolute Gasteiger partial charge is 0.374 e. The SMILES string of the molecule is O=C(O)c1cc(-c2c(O)ccc3ccc(O)cc23)no1. The molecule has 0 atom stereocenters. The molecule has 3 aromatic rings. The molecule has 0 unspecified atom stereocenters. The van der Waals surface area contributed by atoms with Gasteiger partial charge in [-0.2, -0.15) is 0 Å². The Balaban J connectivity index is 2.30. The van der Waals surface area contributed by atoms with Gasteiger partial charge < -0.3 is 19.8 Å². The van der Waals surface area contributed by atoms with Crippen molar-refractivity contribution >= 4 is 16.7 Å². The van der Waals surface area contributed by atoms with E-state index in [4.69, 9.17) is 9.63 Å². The van der Waals surface area contributed by atoms with Gasteiger partial charge in [-0.25, -0.2) is 4.79 Å². The van der Waals surface area contributed by atoms with Crippen molar-refractivity contribution in [3.8, 4) is 22.8 Å². The second-order valence-corrected chi connectivity index (χ2v) is 4.25. The standard InChI is InChI=1S/C14H9NO5/c16-8-3-1-7-2-4-11(17)13(9(7)5-8)10-6-12(14(18)19)20-15-10/h1-6,16-17H,(H,18,19). The summed E-state index contributed by atoms with van der Waals surface area (Å²) in [7, 11) is 0. The summed E-state index contributed by atoms with van der Waals surface area (Å²) in [6, 6.07) is 9.07. The molecule has 3 rings (SSSR count). The van der Waals surface area contributed by atoms with Gasteiger partial charge in [-0.05, 0) is 29.0 Å². The Kier molecular flexibility index (Phi) is 2.57. The second-order valence-electron chi connectivity index (χ2n) is 4.25. The van der Waals surface area contributed by atoms with Crippen molar-refractivity contribution in [3.05, 3.63) is 42.2 Å². The van der Waals surface area contributed by atoms with E-state index < -0.39 is 5.97 Å². The number of phenolic OH excluding ortho intramolecular Hbond substituents is 2. The lowest BCUT2D eigenvalue weighted by Crippen LogP contribution is -1.91. The molecule has 0 bridgehead atoms. The molecule has 100 valence electrons. The normalized spacial score (nSPS) is 10.8. The Labute approximate surface area is 112 Å². The highest BCUT2D eigenvalue weighted by molar-refractivity contribution is 6.00. The summed E-state index contributed by atoms with van der Waals surface area (Å²) >= 11 is 0. The maximum atomic E-state index is 10.8. The third-order valence-electron chi connectivity index (χ3n) is 2.96. The molecule has 0 aliphatic heterocycles. The van der Waals surface area contributed by atoms with Crippen LogP contribution in [0.25, 0.3) is 22.0 Å². The van der Waals surface area contributed by atoms with Crippen LogP contribution in [0.1, 0.15) is 10.6 Å². The predicted molar refractivity (Wildman–Crippen MR) is 69.7 cm³/mol. The third kappa shape index (κ3) is 1.83. The number of nitrogens with zero attached hydrogens (tertiary/aromatic N) is 1. The van der Waals surface area contributed by atoms with E-state index in [1.54, 1.807) is 12.1 Å². The zero-order valence-corrected chi connectivity index (χ0v) is 10.1. The molecule has 0 saturated carbocycles. The Morgan fingerprint density at radius 2 is 1.85 bits per heavy atom. The van der Waals surface area contributed by atoms with Crippen LogP contribution in [0.5, 0.6) is 11.5 Å². The van der Waals surface area contributed by atoms with Crippen LogP contribution >= 0.6 is 0 Å². The molecule has 0 aliphatic carbocycles. The van der Waals surface area contributed by atoms with Gasteiger partial charge in [0, 0.05) is 6.07 Å². The number of phenols is 2. The molecule has 0 saturated heterocycles. The molecule has 0 radical (unpaired) electrons. The average molecular weight is 271 g/mol. The van der Waals surface area contributed by atoms with Crippen LogP contribution in [0.3, 0.4) is 0 Å². The lowest BCUT2D eigenvalue weighted by atomic mass is 10.0. The minimum Gasteiger partial charge on any atom is -0.508 e. The van der Waals surface area contributed by atoms with E-state index >= 15 is 0 Å². The third-order valence-corrected chi connectivity index (χ3v) is 2.96. The van der Waals surface area contributed by atoms with Crippen molar-refractivity contribution in [2.45, 2.75) is 0 Å². The first kappa shape index (κ1) is 12.0. The van der Waals surface area contributed by atoms with E-state index in [1.807, 2.05) is 0 Å². The first-order chi connectivity index (χ1) is 9.56. The topological polar surface area (TPSA) is 104 Å². The van der Waals surface area contributed by atoms with Gasteiger partial charge in [-0.3, -0.25) is 0 Å². The van der Waals surface area contributed by atoms with Crippen LogP contribution in [0.4, 0.5) is 0 Å². The van der Waals surface area contributed by atoms with Crippen LogP contribution in [0.15, 0.2) is 40.9 Å². The molecule has 3 N–H and O–H groups in total. The van der Waals surface area contributed by atoms with E-state index in [9.17, 15) is 15.0 Å². The Bertz CT molecular complexity index is 816. The summed E-state index contributed by atoms with van der Waals surface area (Å²) in [6.07, 6.45) is 0. The predicted octanol–water partition coefficient (Wildman–Crippen LogP) is 2.60. The molecule has 2 aromatic carbocycles. The fraction of sp³-hybridized carbons (Fsp3) is 0. The number of aromatic hydroxyl groups is 2. The Hall–Kier alpha value is -3.02. The fourth-order valence-corrected chi connectivity index (χ4v) is 2.06. The van der Waals surface area contributed by atoms with E-state index in [0.29, 0.717) is 10.9 Å². The number of carbonyl (C=O) groups is 1. The van der Waals surface area contributed by atoms with Gasteiger partial charge in [-0.1, -0.05) is 17.3 Å². The molecular formula is C14H9NO5. The monoisotopic (exact) mass is 271 g/mol. The van der Waals surface area contributed by atoms with Crippen LogP contribution in [-0.2, 0) is 0 Å². The molecular weight excluding hydrogens is 262 g/mol. The van der Waals surface area contributed by atoms with Gasteiger partial charge in [0.2, 0.25) is 5.76 Å². The number of hydrogen-bond acceptors (Lipinski definition) is 5. The number of hydrogen-bond donors (Lipinski definition) is 3. The van der Waals surface area contributed by atoms with Gasteiger partial charge in [-0.15, -0.1) is 0 Å². The molecule has 0 aliphatic rings. The fourth-order valence-electron chi connectivity index (χ4n) is 2.06. The molecule has 20 heavy (non-hydrogen) atoms. The first-order valence-electron chi connectivity index (χ1n) is 5.71. The van der Waals surface area contributed by atoms with Gasteiger partial charge in [0.1, 0.15) is 17.2 Å². The van der Waals surface area contributed by atoms with Crippen molar-refractivity contribution in [2.75, 3.05) is 0 Å². The summed E-state index contributed by atoms with van der Waals surface area (Å²) in [5, 5.41) is 33.4. The summed E-state index contributed by atoms with van der Waals surface area (Å²) in [6.45, 7) is 0. The lowest BCUT2D eigenvalue weighted by molar-refractivity contribution is 0.0652. The number of benzene rings is 2. The summed E-state index contributed by atoms with van der Waals surface area (Å²) in [5.41, 5.74) is 0.505. The van der Waals surface area contributed by atoms with Crippen molar-refractivity contribution in [1.29, 1.82) is 0 Å². The largest absolute Gasteiger partial charge is 0.508 e. The highest BCUT2D eigenvalue weighted by atomic mass is 16.5. The number of carboxylic acid groups (broad SMARTS) is 1. The zero-order chi connectivity index (χ0) is 14.3. The quantitative estimate of drug-likeness (QED) is 0.661. The first-order valence-corrected chi connectivity index (χ1v) is 5.71. The molecule has 6 nitrogen and oxygen atoms in total. The van der Waals surface area contributed by atoms with Crippen molar-refractivity contribution in [1.82, 2.24) is 5.16 Å². The van der Waals surface area contributed by atoms with E-state index in [1.165, 1.54) is 24.3 Å². The van der Waals surface area contributed by atoms with Crippen LogP contribution < -0.4 is 0 Å². The van der Waals surface area contributed by atoms with Crippen LogP contribution in [-0.4, -0.2) is 26.4 Å².